The zero-order valence-electron chi connectivity index (χ0n) is 28.9. The number of ether oxygens (including phenoxy) is 1. The molecule has 1 saturated heterocycles. The number of carbonyl (C=O) groups excluding carboxylic acids is 3. The number of nitrogens with one attached hydrogen (secondary N) is 3. The number of likely N-dealkylation sites (tertiary alicyclic amines) is 1. The zero-order chi connectivity index (χ0) is 35.1. The zero-order valence-corrected chi connectivity index (χ0v) is 28.9. The van der Waals surface area contributed by atoms with E-state index in [2.05, 4.69) is 61.8 Å². The van der Waals surface area contributed by atoms with Gasteiger partial charge in [0, 0.05) is 35.0 Å². The van der Waals surface area contributed by atoms with Crippen molar-refractivity contribution in [1.29, 1.82) is 0 Å². The lowest BCUT2D eigenvalue weighted by atomic mass is 9.81. The Balaban J connectivity index is 1.24. The number of pyridine rings is 1. The lowest BCUT2D eigenvalue weighted by Gasteiger charge is -2.34. The van der Waals surface area contributed by atoms with E-state index in [1.807, 2.05) is 62.7 Å². The van der Waals surface area contributed by atoms with Crippen LogP contribution in [0.2, 0.25) is 0 Å². The summed E-state index contributed by atoms with van der Waals surface area (Å²) in [7, 11) is 2.00. The van der Waals surface area contributed by atoms with Gasteiger partial charge in [0.05, 0.1) is 11.9 Å². The maximum atomic E-state index is 13.6. The molecule has 0 saturated carbocycles. The number of aromatic nitrogens is 5. The van der Waals surface area contributed by atoms with Crippen LogP contribution in [0, 0.1) is 0 Å². The SMILES string of the molecule is CN1CC[C@@H](NC(=O)c2nc(NC(=O)N[C@@]3(C=O)C=C[C@@H](Oc4ccc5nnc(C(C)(C)C)n5c4)c4ccccc43)cc(C(C)(C)C)n2)C1. The van der Waals surface area contributed by atoms with Crippen LogP contribution in [-0.4, -0.2) is 73.9 Å². The van der Waals surface area contributed by atoms with Crippen molar-refractivity contribution in [2.45, 2.75) is 76.5 Å². The summed E-state index contributed by atoms with van der Waals surface area (Å²) in [5, 5.41) is 17.2. The Morgan fingerprint density at radius 3 is 2.49 bits per heavy atom. The average molecular weight is 666 g/mol. The molecular weight excluding hydrogens is 622 g/mol. The van der Waals surface area contributed by atoms with Gasteiger partial charge in [-0.2, -0.15) is 0 Å². The predicted octanol–water partition coefficient (Wildman–Crippen LogP) is 4.45. The second kappa shape index (κ2) is 12.7. The van der Waals surface area contributed by atoms with Crippen molar-refractivity contribution >= 4 is 29.7 Å². The number of nitrogens with zero attached hydrogens (tertiary/aromatic N) is 6. The van der Waals surface area contributed by atoms with Crippen LogP contribution in [0.3, 0.4) is 0 Å². The highest BCUT2D eigenvalue weighted by molar-refractivity contribution is 5.94. The van der Waals surface area contributed by atoms with E-state index >= 15 is 0 Å². The molecule has 4 heterocycles. The van der Waals surface area contributed by atoms with Crippen LogP contribution in [0.1, 0.15) is 87.3 Å². The second-order valence-electron chi connectivity index (χ2n) is 14.9. The third-order valence-corrected chi connectivity index (χ3v) is 8.73. The minimum absolute atomic E-state index is 0.00993. The number of hydrogen-bond acceptors (Lipinski definition) is 9. The molecule has 3 atom stereocenters. The maximum absolute atomic E-state index is 13.6. The van der Waals surface area contributed by atoms with Crippen LogP contribution < -0.4 is 20.7 Å². The Morgan fingerprint density at radius 2 is 1.80 bits per heavy atom. The van der Waals surface area contributed by atoms with Gasteiger partial charge in [-0.1, -0.05) is 65.8 Å². The first kappa shape index (κ1) is 33.7. The van der Waals surface area contributed by atoms with Gasteiger partial charge in [-0.25, -0.2) is 14.8 Å². The number of likely N-dealkylation sites (N-methyl/N-ethyl adjacent to an activating group) is 1. The summed E-state index contributed by atoms with van der Waals surface area (Å²) in [4.78, 5) is 50.6. The molecule has 4 aromatic rings. The molecule has 2 aliphatic rings. The van der Waals surface area contributed by atoms with Crippen LogP contribution in [-0.2, 0) is 21.2 Å². The Hall–Kier alpha value is -5.17. The average Bonchev–Trinajstić information content (AvgIpc) is 3.67. The second-order valence-corrected chi connectivity index (χ2v) is 14.9. The summed E-state index contributed by atoms with van der Waals surface area (Å²) in [5.41, 5.74) is 0.409. The van der Waals surface area contributed by atoms with Crippen LogP contribution in [0.5, 0.6) is 5.75 Å². The number of benzene rings is 1. The van der Waals surface area contributed by atoms with Crippen molar-refractivity contribution in [2.75, 3.05) is 25.5 Å². The van der Waals surface area contributed by atoms with Crippen LogP contribution in [0.4, 0.5) is 10.6 Å². The van der Waals surface area contributed by atoms with Crippen LogP contribution in [0.25, 0.3) is 5.65 Å². The highest BCUT2D eigenvalue weighted by Gasteiger charge is 2.39. The lowest BCUT2D eigenvalue weighted by Crippen LogP contribution is -2.49. The molecule has 6 rings (SSSR count). The van der Waals surface area contributed by atoms with Crippen molar-refractivity contribution in [1.82, 2.24) is 40.1 Å². The summed E-state index contributed by atoms with van der Waals surface area (Å²) in [6.45, 7) is 13.7. The van der Waals surface area contributed by atoms with Crippen LogP contribution in [0.15, 0.2) is 60.8 Å². The van der Waals surface area contributed by atoms with Gasteiger partial charge in [0.1, 0.15) is 29.0 Å². The van der Waals surface area contributed by atoms with E-state index in [0.29, 0.717) is 34.5 Å². The van der Waals surface area contributed by atoms with E-state index in [9.17, 15) is 14.4 Å². The Morgan fingerprint density at radius 1 is 1.02 bits per heavy atom. The lowest BCUT2D eigenvalue weighted by molar-refractivity contribution is -0.111. The molecule has 13 nitrogen and oxygen atoms in total. The van der Waals surface area contributed by atoms with E-state index in [4.69, 9.17) is 4.74 Å². The van der Waals surface area contributed by atoms with Gasteiger partial charge in [-0.05, 0) is 49.9 Å². The molecule has 1 fully saturated rings. The van der Waals surface area contributed by atoms with E-state index in [1.165, 1.54) is 0 Å². The number of anilines is 1. The molecule has 0 spiro atoms. The minimum Gasteiger partial charge on any atom is -0.480 e. The third kappa shape index (κ3) is 7.02. The van der Waals surface area contributed by atoms with Crippen molar-refractivity contribution in [3.05, 3.63) is 89.3 Å². The fourth-order valence-corrected chi connectivity index (χ4v) is 6.13. The van der Waals surface area contributed by atoms with Gasteiger partial charge >= 0.3 is 6.03 Å². The minimum atomic E-state index is -1.49. The molecule has 1 aromatic carbocycles. The predicted molar refractivity (Wildman–Crippen MR) is 185 cm³/mol. The smallest absolute Gasteiger partial charge is 0.321 e. The summed E-state index contributed by atoms with van der Waals surface area (Å²) in [5.74, 6) is 1.08. The third-order valence-electron chi connectivity index (χ3n) is 8.73. The molecule has 3 aromatic heterocycles. The van der Waals surface area contributed by atoms with E-state index in [-0.39, 0.29) is 23.1 Å². The quantitative estimate of drug-likeness (QED) is 0.192. The fraction of sp³-hybridized carbons (Fsp3) is 0.417. The standard InChI is InChI=1S/C36H43N9O4/c1-34(2,3)27-18-28(39-30(38-27)31(47)37-22-15-17-44(7)19-22)40-33(48)41-36(21-46)16-14-26(24-10-8-9-11-25(24)36)49-23-12-13-29-42-43-32(35(4,5)6)45(29)20-23/h8-14,16,18,20-22,26H,15,17,19H2,1-7H3,(H,37,47)(H2,38,39,40,41,48)/t22-,26-,36-/m1/s1. The summed E-state index contributed by atoms with van der Waals surface area (Å²) < 4.78 is 8.35. The molecule has 3 N–H and O–H groups in total. The van der Waals surface area contributed by atoms with Crippen LogP contribution >= 0.6 is 0 Å². The van der Waals surface area contributed by atoms with Crippen molar-refractivity contribution in [2.24, 2.45) is 0 Å². The molecule has 1 aliphatic heterocycles. The number of urea groups is 1. The Bertz CT molecular complexity index is 1940. The van der Waals surface area contributed by atoms with Gasteiger partial charge < -0.3 is 20.3 Å². The monoisotopic (exact) mass is 665 g/mol. The van der Waals surface area contributed by atoms with Gasteiger partial charge in [-0.3, -0.25) is 19.3 Å². The largest absolute Gasteiger partial charge is 0.480 e. The Kier molecular flexibility index (Phi) is 8.74. The first-order valence-corrected chi connectivity index (χ1v) is 16.4. The Labute approximate surface area is 285 Å². The van der Waals surface area contributed by atoms with E-state index in [0.717, 1.165) is 25.3 Å². The molecule has 1 aliphatic carbocycles. The topological polar surface area (TPSA) is 156 Å². The highest BCUT2D eigenvalue weighted by Crippen LogP contribution is 2.37. The molecular formula is C36H43N9O4. The molecule has 0 radical (unpaired) electrons. The molecule has 13 heteroatoms. The molecule has 0 unspecified atom stereocenters. The summed E-state index contributed by atoms with van der Waals surface area (Å²) in [6, 6.07) is 11.9. The fourth-order valence-electron chi connectivity index (χ4n) is 6.13. The molecule has 49 heavy (non-hydrogen) atoms. The molecule has 3 amide bonds. The number of aldehydes is 1. The van der Waals surface area contributed by atoms with Gasteiger partial charge in [0.25, 0.3) is 5.91 Å². The van der Waals surface area contributed by atoms with Crippen molar-refractivity contribution < 1.29 is 19.1 Å². The highest BCUT2D eigenvalue weighted by atomic mass is 16.5. The number of fused-ring (bicyclic) bond motifs is 2. The first-order chi connectivity index (χ1) is 23.1. The van der Waals surface area contributed by atoms with Crippen molar-refractivity contribution in [3.8, 4) is 5.75 Å². The van der Waals surface area contributed by atoms with E-state index < -0.39 is 29.0 Å². The van der Waals surface area contributed by atoms with Gasteiger partial charge in [0.15, 0.2) is 11.9 Å². The summed E-state index contributed by atoms with van der Waals surface area (Å²) in [6.07, 6.45) is 6.21. The first-order valence-electron chi connectivity index (χ1n) is 16.4. The van der Waals surface area contributed by atoms with Gasteiger partial charge in [0.2, 0.25) is 5.82 Å². The number of amides is 3. The maximum Gasteiger partial charge on any atom is 0.321 e. The van der Waals surface area contributed by atoms with E-state index in [1.54, 1.807) is 30.4 Å². The molecule has 256 valence electrons. The number of carbonyl (C=O) groups is 3. The summed E-state index contributed by atoms with van der Waals surface area (Å²) >= 11 is 0. The normalized spacial score (nSPS) is 20.9. The number of hydrogen-bond donors (Lipinski definition) is 3. The number of rotatable bonds is 7. The molecule has 0 bridgehead atoms. The van der Waals surface area contributed by atoms with Gasteiger partial charge in [-0.15, -0.1) is 10.2 Å². The van der Waals surface area contributed by atoms with Crippen molar-refractivity contribution in [3.63, 3.8) is 0 Å².